The van der Waals surface area contributed by atoms with Crippen molar-refractivity contribution in [2.24, 2.45) is 0 Å². The Hall–Kier alpha value is -3.91. The highest BCUT2D eigenvalue weighted by Gasteiger charge is 2.15. The third kappa shape index (κ3) is 6.75. The molecule has 0 amide bonds. The zero-order chi connectivity index (χ0) is 25.6. The van der Waals surface area contributed by atoms with Gasteiger partial charge in [0, 0.05) is 29.8 Å². The molecule has 8 heteroatoms. The molecule has 3 heterocycles. The van der Waals surface area contributed by atoms with Crippen LogP contribution in [-0.4, -0.2) is 29.2 Å². The molecule has 0 saturated carbocycles. The highest BCUT2D eigenvalue weighted by molar-refractivity contribution is 5.93. The Labute approximate surface area is 234 Å². The van der Waals surface area contributed by atoms with E-state index in [1.807, 2.05) is 66.7 Å². The molecule has 0 radical (unpaired) electrons. The van der Waals surface area contributed by atoms with Crippen molar-refractivity contribution in [2.45, 2.75) is 32.1 Å². The highest BCUT2D eigenvalue weighted by atomic mass is 35.5. The highest BCUT2D eigenvalue weighted by Crippen LogP contribution is 2.30. The summed E-state index contributed by atoms with van der Waals surface area (Å²) in [6.07, 6.45) is 4.16. The minimum atomic E-state index is 0. The van der Waals surface area contributed by atoms with Gasteiger partial charge in [0.15, 0.2) is 0 Å². The summed E-state index contributed by atoms with van der Waals surface area (Å²) in [4.78, 5) is 8.96. The van der Waals surface area contributed by atoms with Gasteiger partial charge in [-0.15, -0.1) is 12.4 Å². The van der Waals surface area contributed by atoms with Crippen molar-refractivity contribution in [1.82, 2.24) is 15.3 Å². The maximum Gasteiger partial charge on any atom is 0.141 e. The van der Waals surface area contributed by atoms with E-state index >= 15 is 0 Å². The summed E-state index contributed by atoms with van der Waals surface area (Å²) in [5.74, 6) is 3.26. The number of fused-ring (bicyclic) bond motifs is 1. The van der Waals surface area contributed by atoms with Gasteiger partial charge >= 0.3 is 0 Å². The maximum atomic E-state index is 6.13. The van der Waals surface area contributed by atoms with Gasteiger partial charge in [0.05, 0.1) is 18.2 Å². The van der Waals surface area contributed by atoms with E-state index in [4.69, 9.17) is 13.9 Å². The molecule has 1 fully saturated rings. The number of hydrogen-bond acceptors (Lipinski definition) is 7. The normalized spacial score (nSPS) is 14.7. The predicted octanol–water partition coefficient (Wildman–Crippen LogP) is 6.90. The van der Waals surface area contributed by atoms with E-state index in [-0.39, 0.29) is 12.4 Å². The Bertz CT molecular complexity index is 1490. The zero-order valence-electron chi connectivity index (χ0n) is 21.5. The van der Waals surface area contributed by atoms with Gasteiger partial charge in [-0.1, -0.05) is 30.3 Å². The van der Waals surface area contributed by atoms with Gasteiger partial charge in [0.2, 0.25) is 0 Å². The van der Waals surface area contributed by atoms with Crippen molar-refractivity contribution >= 4 is 34.8 Å². The third-order valence-electron chi connectivity index (χ3n) is 6.64. The fraction of sp³-hybridized carbons (Fsp3) is 0.226. The number of aromatic nitrogens is 2. The molecule has 1 aliphatic rings. The summed E-state index contributed by atoms with van der Waals surface area (Å²) in [5, 5.41) is 7.78. The van der Waals surface area contributed by atoms with Crippen molar-refractivity contribution in [3.8, 4) is 17.1 Å². The van der Waals surface area contributed by atoms with Crippen molar-refractivity contribution in [1.29, 1.82) is 0 Å². The van der Waals surface area contributed by atoms with Gasteiger partial charge in [-0.05, 0) is 73.0 Å². The molecule has 0 spiro atoms. The Morgan fingerprint density at radius 1 is 0.923 bits per heavy atom. The molecular formula is C31H31ClN4O3. The first kappa shape index (κ1) is 26.7. The third-order valence-corrected chi connectivity index (χ3v) is 6.64. The molecule has 1 unspecified atom stereocenters. The van der Waals surface area contributed by atoms with Gasteiger partial charge in [-0.25, -0.2) is 9.97 Å². The van der Waals surface area contributed by atoms with Crippen LogP contribution in [0, 0.1) is 0 Å². The average Bonchev–Trinajstić information content (AvgIpc) is 3.66. The molecule has 2 N–H and O–H groups in total. The molecule has 2 aromatic heterocycles. The monoisotopic (exact) mass is 542 g/mol. The minimum Gasteiger partial charge on any atom is -0.489 e. The van der Waals surface area contributed by atoms with E-state index < -0.39 is 0 Å². The number of nitrogens with one attached hydrogen (secondary N) is 2. The van der Waals surface area contributed by atoms with Gasteiger partial charge in [0.25, 0.3) is 0 Å². The Kier molecular flexibility index (Phi) is 8.73. The van der Waals surface area contributed by atoms with Crippen LogP contribution < -0.4 is 15.4 Å². The van der Waals surface area contributed by atoms with Crippen LogP contribution in [-0.2, 0) is 17.9 Å². The van der Waals surface area contributed by atoms with Crippen LogP contribution in [0.5, 0.6) is 5.75 Å². The maximum absolute atomic E-state index is 6.13. The molecule has 0 bridgehead atoms. The quantitative estimate of drug-likeness (QED) is 0.198. The number of anilines is 2. The number of halogens is 1. The topological polar surface area (TPSA) is 81.4 Å². The van der Waals surface area contributed by atoms with Crippen molar-refractivity contribution in [2.75, 3.05) is 18.5 Å². The number of nitrogens with zero attached hydrogens (tertiary/aromatic N) is 2. The van der Waals surface area contributed by atoms with E-state index in [1.54, 1.807) is 6.33 Å². The molecule has 1 atom stereocenters. The van der Waals surface area contributed by atoms with Crippen LogP contribution in [0.1, 0.15) is 24.2 Å². The number of ether oxygens (including phenoxy) is 2. The second-order valence-corrected chi connectivity index (χ2v) is 9.41. The number of hydrogen-bond donors (Lipinski definition) is 2. The van der Waals surface area contributed by atoms with E-state index in [1.165, 1.54) is 0 Å². The second kappa shape index (κ2) is 12.8. The Balaban J connectivity index is 0.00000308. The minimum absolute atomic E-state index is 0. The number of rotatable bonds is 10. The molecule has 5 aromatic rings. The van der Waals surface area contributed by atoms with Crippen LogP contribution in [0.2, 0.25) is 0 Å². The van der Waals surface area contributed by atoms with E-state index in [0.29, 0.717) is 19.3 Å². The lowest BCUT2D eigenvalue weighted by Crippen LogP contribution is -2.25. The first-order chi connectivity index (χ1) is 18.8. The second-order valence-electron chi connectivity index (χ2n) is 9.41. The van der Waals surface area contributed by atoms with Gasteiger partial charge in [-0.3, -0.25) is 0 Å². The molecule has 39 heavy (non-hydrogen) atoms. The number of furan rings is 1. The smallest absolute Gasteiger partial charge is 0.141 e. The van der Waals surface area contributed by atoms with Crippen molar-refractivity contribution in [3.05, 3.63) is 103 Å². The summed E-state index contributed by atoms with van der Waals surface area (Å²) in [7, 11) is 0. The fourth-order valence-corrected chi connectivity index (χ4v) is 4.61. The molecule has 200 valence electrons. The summed E-state index contributed by atoms with van der Waals surface area (Å²) in [6.45, 7) is 2.92. The lowest BCUT2D eigenvalue weighted by molar-refractivity contribution is 0.109. The lowest BCUT2D eigenvalue weighted by Gasteiger charge is -2.11. The van der Waals surface area contributed by atoms with Crippen LogP contribution in [0.4, 0.5) is 11.5 Å². The Morgan fingerprint density at radius 3 is 2.62 bits per heavy atom. The molecule has 1 aliphatic heterocycles. The first-order valence-corrected chi connectivity index (χ1v) is 13.0. The van der Waals surface area contributed by atoms with Crippen molar-refractivity contribution in [3.63, 3.8) is 0 Å². The van der Waals surface area contributed by atoms with Crippen molar-refractivity contribution < 1.29 is 13.9 Å². The predicted molar refractivity (Wildman–Crippen MR) is 156 cm³/mol. The van der Waals surface area contributed by atoms with Crippen LogP contribution in [0.15, 0.2) is 95.7 Å². The summed E-state index contributed by atoms with van der Waals surface area (Å²) >= 11 is 0. The summed E-state index contributed by atoms with van der Waals surface area (Å²) in [5.41, 5.74) is 3.89. The van der Waals surface area contributed by atoms with E-state index in [9.17, 15) is 0 Å². The van der Waals surface area contributed by atoms with Gasteiger partial charge < -0.3 is 24.5 Å². The molecular weight excluding hydrogens is 512 g/mol. The lowest BCUT2D eigenvalue weighted by atomic mass is 10.1. The zero-order valence-corrected chi connectivity index (χ0v) is 22.3. The first-order valence-electron chi connectivity index (χ1n) is 13.0. The van der Waals surface area contributed by atoms with Crippen LogP contribution in [0.3, 0.4) is 0 Å². The average molecular weight is 543 g/mol. The number of benzene rings is 3. The summed E-state index contributed by atoms with van der Waals surface area (Å²) in [6, 6.07) is 28.1. The Morgan fingerprint density at radius 2 is 1.79 bits per heavy atom. The van der Waals surface area contributed by atoms with E-state index in [0.717, 1.165) is 76.8 Å². The van der Waals surface area contributed by atoms with Crippen LogP contribution >= 0.6 is 12.4 Å². The van der Waals surface area contributed by atoms with Gasteiger partial charge in [0.1, 0.15) is 36.0 Å². The molecule has 6 rings (SSSR count). The molecule has 3 aromatic carbocycles. The summed E-state index contributed by atoms with van der Waals surface area (Å²) < 4.78 is 17.7. The van der Waals surface area contributed by atoms with Crippen LogP contribution in [0.25, 0.3) is 22.2 Å². The fourth-order valence-electron chi connectivity index (χ4n) is 4.61. The van der Waals surface area contributed by atoms with Gasteiger partial charge in [-0.2, -0.15) is 0 Å². The molecule has 7 nitrogen and oxygen atoms in total. The standard InChI is InChI=1S/C31H30N4O3.ClH/c1-2-5-22(6-3-1)20-37-25-11-9-24(10-12-25)35-31-28-17-23(8-14-29(28)33-21-34-31)30-15-13-27(38-30)19-32-18-26-7-4-16-36-26;/h1-3,5-6,8-15,17,21,26,32H,4,7,16,18-20H2,(H,33,34,35);1H. The largest absolute Gasteiger partial charge is 0.489 e. The molecule has 1 saturated heterocycles. The molecule has 0 aliphatic carbocycles. The SMILES string of the molecule is Cl.c1ccc(COc2ccc(Nc3ncnc4ccc(-c5ccc(CNCC6CCCO6)o5)cc34)cc2)cc1. The van der Waals surface area contributed by atoms with E-state index in [2.05, 4.69) is 38.8 Å².